The summed E-state index contributed by atoms with van der Waals surface area (Å²) in [5, 5.41) is 7.86. The predicted octanol–water partition coefficient (Wildman–Crippen LogP) is 4.25. The summed E-state index contributed by atoms with van der Waals surface area (Å²) >= 11 is 1.54. The molecule has 3 aromatic rings. The lowest BCUT2D eigenvalue weighted by molar-refractivity contribution is -0.123. The second-order valence-corrected chi connectivity index (χ2v) is 8.07. The van der Waals surface area contributed by atoms with E-state index < -0.39 is 18.6 Å². The fourth-order valence-electron chi connectivity index (χ4n) is 3.03. The van der Waals surface area contributed by atoms with E-state index in [0.717, 1.165) is 23.3 Å². The highest BCUT2D eigenvalue weighted by Gasteiger charge is 2.31. The lowest BCUT2D eigenvalue weighted by Crippen LogP contribution is -2.33. The first kappa shape index (κ1) is 20.5. The third kappa shape index (κ3) is 5.45. The maximum absolute atomic E-state index is 12.2. The first-order valence-electron chi connectivity index (χ1n) is 9.42. The average Bonchev–Trinajstić information content (AvgIpc) is 3.21. The van der Waals surface area contributed by atoms with Crippen molar-refractivity contribution in [2.24, 2.45) is 0 Å². The number of benzene rings is 1. The molecule has 0 unspecified atom stereocenters. The second-order valence-electron chi connectivity index (χ2n) is 7.12. The van der Waals surface area contributed by atoms with Crippen molar-refractivity contribution in [2.45, 2.75) is 38.1 Å². The summed E-state index contributed by atoms with van der Waals surface area (Å²) in [7, 11) is 0. The van der Waals surface area contributed by atoms with Gasteiger partial charge in [0.25, 0.3) is 5.91 Å². The Hall–Kier alpha value is -2.72. The molecule has 0 bridgehead atoms. The normalized spacial score (nSPS) is 14.3. The first-order chi connectivity index (χ1) is 14.4. The molecular formula is C20H19F3N4O2S. The summed E-state index contributed by atoms with van der Waals surface area (Å²) in [4.78, 5) is 19.5. The van der Waals surface area contributed by atoms with Crippen LogP contribution >= 0.6 is 11.3 Å². The van der Waals surface area contributed by atoms with Gasteiger partial charge in [-0.25, -0.2) is 0 Å². The molecule has 2 aromatic heterocycles. The number of amides is 1. The molecule has 10 heteroatoms. The van der Waals surface area contributed by atoms with E-state index in [-0.39, 0.29) is 5.56 Å². The summed E-state index contributed by atoms with van der Waals surface area (Å²) in [5.41, 5.74) is 1.14. The number of thiophene rings is 1. The standard InChI is InChI=1S/C20H19F3N4O2S/c21-20(22,23)12-24-19(28)14-5-3-13(4-6-14)10-27(15-7-8-15)11-17-25-18(26-29-17)16-2-1-9-30-16/h1-6,9,15H,7-8,10-12H2,(H,24,28). The Morgan fingerprint density at radius 2 is 1.97 bits per heavy atom. The molecule has 0 atom stereocenters. The molecule has 1 amide bonds. The van der Waals surface area contributed by atoms with Crippen LogP contribution in [0.5, 0.6) is 0 Å². The number of halogens is 3. The summed E-state index contributed by atoms with van der Waals surface area (Å²) < 4.78 is 42.1. The second kappa shape index (κ2) is 8.57. The summed E-state index contributed by atoms with van der Waals surface area (Å²) in [5.74, 6) is 0.364. The lowest BCUT2D eigenvalue weighted by Gasteiger charge is -2.20. The molecule has 4 rings (SSSR count). The van der Waals surface area contributed by atoms with Crippen molar-refractivity contribution in [1.29, 1.82) is 0 Å². The number of rotatable bonds is 8. The van der Waals surface area contributed by atoms with Gasteiger partial charge in [-0.15, -0.1) is 11.3 Å². The predicted molar refractivity (Wildman–Crippen MR) is 105 cm³/mol. The Balaban J connectivity index is 1.37. The van der Waals surface area contributed by atoms with Crippen LogP contribution in [0.4, 0.5) is 13.2 Å². The third-order valence-electron chi connectivity index (χ3n) is 4.66. The summed E-state index contributed by atoms with van der Waals surface area (Å²) in [6.45, 7) is -0.219. The highest BCUT2D eigenvalue weighted by Crippen LogP contribution is 2.30. The Morgan fingerprint density at radius 3 is 2.60 bits per heavy atom. The zero-order valence-electron chi connectivity index (χ0n) is 15.9. The van der Waals surface area contributed by atoms with Crippen LogP contribution in [0.2, 0.25) is 0 Å². The molecule has 1 N–H and O–H groups in total. The van der Waals surface area contributed by atoms with Crippen molar-refractivity contribution in [3.63, 3.8) is 0 Å². The number of nitrogens with zero attached hydrogens (tertiary/aromatic N) is 3. The fraction of sp³-hybridized carbons (Fsp3) is 0.350. The molecule has 6 nitrogen and oxygen atoms in total. The van der Waals surface area contributed by atoms with Gasteiger partial charge in [0.15, 0.2) is 0 Å². The average molecular weight is 436 g/mol. The van der Waals surface area contributed by atoms with Gasteiger partial charge < -0.3 is 9.84 Å². The van der Waals surface area contributed by atoms with E-state index in [4.69, 9.17) is 4.52 Å². The minimum Gasteiger partial charge on any atom is -0.343 e. The molecule has 0 radical (unpaired) electrons. The van der Waals surface area contributed by atoms with E-state index in [1.54, 1.807) is 23.5 Å². The number of hydrogen-bond donors (Lipinski definition) is 1. The quantitative estimate of drug-likeness (QED) is 0.572. The number of alkyl halides is 3. The first-order valence-corrected chi connectivity index (χ1v) is 10.3. The zero-order chi connectivity index (χ0) is 21.1. The fourth-order valence-corrected chi connectivity index (χ4v) is 3.68. The van der Waals surface area contributed by atoms with Crippen LogP contribution in [-0.4, -0.2) is 39.7 Å². The number of nitrogens with one attached hydrogen (secondary N) is 1. The molecule has 1 saturated carbocycles. The molecule has 0 aliphatic heterocycles. The maximum atomic E-state index is 12.2. The van der Waals surface area contributed by atoms with Crippen LogP contribution < -0.4 is 5.32 Å². The van der Waals surface area contributed by atoms with E-state index in [2.05, 4.69) is 15.0 Å². The Kier molecular flexibility index (Phi) is 5.87. The van der Waals surface area contributed by atoms with Crippen molar-refractivity contribution in [3.8, 4) is 10.7 Å². The topological polar surface area (TPSA) is 71.3 Å². The van der Waals surface area contributed by atoms with Crippen LogP contribution in [0.25, 0.3) is 10.7 Å². The minimum absolute atomic E-state index is 0.193. The van der Waals surface area contributed by atoms with Crippen molar-refractivity contribution in [1.82, 2.24) is 20.4 Å². The largest absolute Gasteiger partial charge is 0.405 e. The van der Waals surface area contributed by atoms with E-state index >= 15 is 0 Å². The molecule has 0 spiro atoms. The van der Waals surface area contributed by atoms with Crippen LogP contribution in [0.3, 0.4) is 0 Å². The number of carbonyl (C=O) groups excluding carboxylic acids is 1. The molecule has 158 valence electrons. The van der Waals surface area contributed by atoms with Crippen LogP contribution in [0.15, 0.2) is 46.3 Å². The van der Waals surface area contributed by atoms with Crippen molar-refractivity contribution >= 4 is 17.2 Å². The lowest BCUT2D eigenvalue weighted by atomic mass is 10.1. The van der Waals surface area contributed by atoms with Gasteiger partial charge in [0.2, 0.25) is 11.7 Å². The van der Waals surface area contributed by atoms with Crippen LogP contribution in [-0.2, 0) is 13.1 Å². The molecule has 1 aliphatic rings. The number of aromatic nitrogens is 2. The maximum Gasteiger partial charge on any atom is 0.405 e. The van der Waals surface area contributed by atoms with Crippen LogP contribution in [0.1, 0.15) is 34.7 Å². The van der Waals surface area contributed by atoms with Gasteiger partial charge in [-0.05, 0) is 42.0 Å². The van der Waals surface area contributed by atoms with Crippen molar-refractivity contribution < 1.29 is 22.5 Å². The van der Waals surface area contributed by atoms with E-state index in [9.17, 15) is 18.0 Å². The SMILES string of the molecule is O=C(NCC(F)(F)F)c1ccc(CN(Cc2nc(-c3cccs3)no2)C2CC2)cc1. The van der Waals surface area contributed by atoms with Gasteiger partial charge in [-0.1, -0.05) is 23.4 Å². The molecule has 1 fully saturated rings. The van der Waals surface area contributed by atoms with Gasteiger partial charge in [0.05, 0.1) is 11.4 Å². The van der Waals surface area contributed by atoms with Gasteiger partial charge in [-0.2, -0.15) is 18.2 Å². The molecule has 1 aliphatic carbocycles. The smallest absolute Gasteiger partial charge is 0.343 e. The molecule has 30 heavy (non-hydrogen) atoms. The zero-order valence-corrected chi connectivity index (χ0v) is 16.7. The third-order valence-corrected chi connectivity index (χ3v) is 5.53. The van der Waals surface area contributed by atoms with Gasteiger partial charge in [-0.3, -0.25) is 9.69 Å². The molecule has 1 aromatic carbocycles. The number of hydrogen-bond acceptors (Lipinski definition) is 6. The highest BCUT2D eigenvalue weighted by molar-refractivity contribution is 7.13. The van der Waals surface area contributed by atoms with Gasteiger partial charge >= 0.3 is 6.18 Å². The van der Waals surface area contributed by atoms with E-state index in [0.29, 0.717) is 30.8 Å². The molecule has 2 heterocycles. The summed E-state index contributed by atoms with van der Waals surface area (Å²) in [6, 6.07) is 10.9. The Morgan fingerprint density at radius 1 is 1.20 bits per heavy atom. The monoisotopic (exact) mass is 436 g/mol. The van der Waals surface area contributed by atoms with E-state index in [1.165, 1.54) is 12.1 Å². The van der Waals surface area contributed by atoms with Crippen molar-refractivity contribution in [2.75, 3.05) is 6.54 Å². The molecular weight excluding hydrogens is 417 g/mol. The number of carbonyl (C=O) groups is 1. The minimum atomic E-state index is -4.43. The van der Waals surface area contributed by atoms with Crippen molar-refractivity contribution in [3.05, 3.63) is 58.8 Å². The van der Waals surface area contributed by atoms with Gasteiger partial charge in [0, 0.05) is 18.2 Å². The Bertz CT molecular complexity index is 982. The van der Waals surface area contributed by atoms with Crippen LogP contribution in [0, 0.1) is 0 Å². The van der Waals surface area contributed by atoms with Gasteiger partial charge in [0.1, 0.15) is 6.54 Å². The summed E-state index contributed by atoms with van der Waals surface area (Å²) in [6.07, 6.45) is -2.26. The highest BCUT2D eigenvalue weighted by atomic mass is 32.1. The Labute approximate surface area is 174 Å². The van der Waals surface area contributed by atoms with E-state index in [1.807, 2.05) is 22.8 Å². The molecule has 0 saturated heterocycles.